The number of carboxylic acids is 1. The van der Waals surface area contributed by atoms with E-state index in [0.29, 0.717) is 12.2 Å². The average Bonchev–Trinajstić information content (AvgIpc) is 3.06. The molecule has 1 heterocycles. The maximum Gasteiger partial charge on any atom is 0.453 e. The van der Waals surface area contributed by atoms with E-state index in [0.717, 1.165) is 28.0 Å². The molecule has 0 radical (unpaired) electrons. The molecule has 4 aromatic rings. The summed E-state index contributed by atoms with van der Waals surface area (Å²) in [5.74, 6) is 0.203. The highest BCUT2D eigenvalue weighted by Gasteiger charge is 2.36. The van der Waals surface area contributed by atoms with Gasteiger partial charge in [0.2, 0.25) is 0 Å². The van der Waals surface area contributed by atoms with E-state index in [1.165, 1.54) is 5.56 Å². The second-order valence-electron chi connectivity index (χ2n) is 14.2. The van der Waals surface area contributed by atoms with Crippen molar-refractivity contribution in [2.45, 2.75) is 76.9 Å². The summed E-state index contributed by atoms with van der Waals surface area (Å²) in [4.78, 5) is 29.4. The van der Waals surface area contributed by atoms with Gasteiger partial charge in [-0.3, -0.25) is 4.79 Å². The number of rotatable bonds is 13. The van der Waals surface area contributed by atoms with Crippen LogP contribution in [-0.4, -0.2) is 40.1 Å². The van der Waals surface area contributed by atoms with Gasteiger partial charge in [-0.15, -0.1) is 5.11 Å². The van der Waals surface area contributed by atoms with E-state index in [-0.39, 0.29) is 28.8 Å². The number of hydrogen-bond donors (Lipinski definition) is 1. The largest absolute Gasteiger partial charge is 0.497 e. The molecule has 0 bridgehead atoms. The summed E-state index contributed by atoms with van der Waals surface area (Å²) >= 11 is 1.68. The Hall–Kier alpha value is -4.50. The van der Waals surface area contributed by atoms with Crippen LogP contribution in [0, 0.1) is 11.3 Å². The summed E-state index contributed by atoms with van der Waals surface area (Å²) in [5, 5.41) is 18.0. The van der Waals surface area contributed by atoms with Gasteiger partial charge in [0.05, 0.1) is 13.0 Å². The minimum atomic E-state index is -0.855. The van der Waals surface area contributed by atoms with Crippen molar-refractivity contribution in [3.63, 3.8) is 0 Å². The molecule has 1 N–H and O–H groups in total. The van der Waals surface area contributed by atoms with Crippen LogP contribution in [-0.2, 0) is 21.7 Å². The molecule has 0 spiro atoms. The molecule has 3 aromatic carbocycles. The fraction of sp³-hybridized carbons (Fsp3) is 0.375. The molecule has 1 amide bonds. The van der Waals surface area contributed by atoms with Crippen LogP contribution in [0.5, 0.6) is 5.75 Å². The molecule has 49 heavy (non-hydrogen) atoms. The van der Waals surface area contributed by atoms with E-state index in [9.17, 15) is 14.7 Å². The van der Waals surface area contributed by atoms with Crippen LogP contribution in [0.2, 0.25) is 0 Å². The van der Waals surface area contributed by atoms with Crippen LogP contribution in [0.15, 0.2) is 107 Å². The van der Waals surface area contributed by atoms with Gasteiger partial charge in [0.1, 0.15) is 11.4 Å². The normalized spacial score (nSPS) is 13.9. The summed E-state index contributed by atoms with van der Waals surface area (Å²) < 4.78 is 10.5. The fourth-order valence-corrected chi connectivity index (χ4v) is 7.04. The van der Waals surface area contributed by atoms with Gasteiger partial charge in [-0.1, -0.05) is 98.7 Å². The highest BCUT2D eigenvalue weighted by molar-refractivity contribution is 7.99. The number of thioether (sulfide) groups is 1. The predicted molar refractivity (Wildman–Crippen MR) is 197 cm³/mol. The van der Waals surface area contributed by atoms with Crippen LogP contribution >= 0.6 is 11.8 Å². The molecule has 3 atom stereocenters. The summed E-state index contributed by atoms with van der Waals surface area (Å²) in [6, 6.07) is 30.3. The molecule has 1 aromatic heterocycles. The van der Waals surface area contributed by atoms with Crippen molar-refractivity contribution in [1.29, 1.82) is 0 Å². The van der Waals surface area contributed by atoms with E-state index < -0.39 is 23.6 Å². The lowest BCUT2D eigenvalue weighted by molar-refractivity contribution is -0.141. The Labute approximate surface area is 294 Å². The molecule has 0 aliphatic heterocycles. The molecule has 0 fully saturated rings. The van der Waals surface area contributed by atoms with Crippen LogP contribution < -0.4 is 4.74 Å². The Morgan fingerprint density at radius 3 is 2.12 bits per heavy atom. The molecule has 3 unspecified atom stereocenters. The number of azo groups is 1. The number of pyridine rings is 1. The zero-order valence-electron chi connectivity index (χ0n) is 29.4. The maximum atomic E-state index is 13.1. The molecule has 258 valence electrons. The van der Waals surface area contributed by atoms with Crippen molar-refractivity contribution in [2.75, 3.05) is 7.11 Å². The van der Waals surface area contributed by atoms with Gasteiger partial charge in [-0.25, -0.2) is 9.78 Å². The molecule has 8 nitrogen and oxygen atoms in total. The van der Waals surface area contributed by atoms with Crippen molar-refractivity contribution in [1.82, 2.24) is 4.98 Å². The molecule has 4 rings (SSSR count). The Morgan fingerprint density at radius 1 is 0.857 bits per heavy atom. The molecule has 0 saturated heterocycles. The molecule has 0 aliphatic carbocycles. The van der Waals surface area contributed by atoms with Gasteiger partial charge >= 0.3 is 12.1 Å². The highest BCUT2D eigenvalue weighted by Crippen LogP contribution is 2.44. The summed E-state index contributed by atoms with van der Waals surface area (Å²) in [6.07, 6.45) is 1.75. The first-order valence-electron chi connectivity index (χ1n) is 16.4. The van der Waals surface area contributed by atoms with Crippen molar-refractivity contribution in [3.8, 4) is 16.9 Å². The highest BCUT2D eigenvalue weighted by atomic mass is 32.2. The van der Waals surface area contributed by atoms with Gasteiger partial charge in [0.15, 0.2) is 5.82 Å². The fourth-order valence-electron chi connectivity index (χ4n) is 5.66. The molecular formula is C40H47N3O5S. The number of carbonyl (C=O) groups excluding carboxylic acids is 1. The van der Waals surface area contributed by atoms with E-state index in [4.69, 9.17) is 9.47 Å². The number of benzene rings is 3. The van der Waals surface area contributed by atoms with Crippen molar-refractivity contribution >= 4 is 29.6 Å². The lowest BCUT2D eigenvalue weighted by Gasteiger charge is -2.36. The number of aromatic nitrogens is 1. The summed E-state index contributed by atoms with van der Waals surface area (Å²) in [5.41, 5.74) is 4.51. The first-order chi connectivity index (χ1) is 23.2. The van der Waals surface area contributed by atoms with Gasteiger partial charge in [-0.2, -0.15) is 11.8 Å². The van der Waals surface area contributed by atoms with Crippen molar-refractivity contribution < 1.29 is 24.2 Å². The van der Waals surface area contributed by atoms with Gasteiger partial charge in [-0.05, 0) is 91.0 Å². The van der Waals surface area contributed by atoms with Crippen LogP contribution in [0.1, 0.15) is 70.6 Å². The predicted octanol–water partition coefficient (Wildman–Crippen LogP) is 10.5. The number of methoxy groups -OCH3 is 1. The number of carbonyl (C=O) groups is 2. The van der Waals surface area contributed by atoms with Crippen LogP contribution in [0.25, 0.3) is 11.1 Å². The van der Waals surface area contributed by atoms with E-state index >= 15 is 0 Å². The van der Waals surface area contributed by atoms with Crippen LogP contribution in [0.4, 0.5) is 10.6 Å². The Bertz CT molecular complexity index is 1700. The third-order valence-electron chi connectivity index (χ3n) is 8.19. The van der Waals surface area contributed by atoms with E-state index in [2.05, 4.69) is 72.4 Å². The smallest absolute Gasteiger partial charge is 0.453 e. The number of nitrogens with zero attached hydrogens (tertiary/aromatic N) is 3. The third kappa shape index (κ3) is 11.6. The quantitative estimate of drug-likeness (QED) is 0.140. The maximum absolute atomic E-state index is 13.1. The van der Waals surface area contributed by atoms with Crippen LogP contribution in [0.3, 0.4) is 0 Å². The van der Waals surface area contributed by atoms with E-state index in [1.807, 2.05) is 42.5 Å². The minimum Gasteiger partial charge on any atom is -0.497 e. The monoisotopic (exact) mass is 681 g/mol. The van der Waals surface area contributed by atoms with Gasteiger partial charge in [0.25, 0.3) is 0 Å². The molecular weight excluding hydrogens is 635 g/mol. The van der Waals surface area contributed by atoms with Crippen molar-refractivity contribution in [2.24, 2.45) is 21.6 Å². The first-order valence-corrected chi connectivity index (χ1v) is 17.5. The summed E-state index contributed by atoms with van der Waals surface area (Å²) in [6.45, 7) is 11.9. The minimum absolute atomic E-state index is 0.0835. The number of carboxylic acid groups (broad SMARTS) is 1. The Kier molecular flexibility index (Phi) is 12.8. The van der Waals surface area contributed by atoms with Gasteiger partial charge in [0, 0.05) is 17.2 Å². The third-order valence-corrected chi connectivity index (χ3v) is 9.64. The van der Waals surface area contributed by atoms with E-state index in [1.54, 1.807) is 58.0 Å². The first kappa shape index (κ1) is 37.3. The second-order valence-corrected chi connectivity index (χ2v) is 15.4. The zero-order valence-corrected chi connectivity index (χ0v) is 30.2. The number of amides is 1. The lowest BCUT2D eigenvalue weighted by Crippen LogP contribution is -2.32. The number of ether oxygens (including phenoxy) is 2. The molecule has 9 heteroatoms. The molecule has 0 saturated carbocycles. The second kappa shape index (κ2) is 16.7. The topological polar surface area (TPSA) is 110 Å². The lowest BCUT2D eigenvalue weighted by atomic mass is 9.72. The molecule has 0 aliphatic rings. The Balaban J connectivity index is 1.63. The van der Waals surface area contributed by atoms with Gasteiger partial charge < -0.3 is 14.6 Å². The Morgan fingerprint density at radius 2 is 1.53 bits per heavy atom. The van der Waals surface area contributed by atoms with Crippen molar-refractivity contribution in [3.05, 3.63) is 114 Å². The standard InChI is InChI=1S/C40H47N3O5S/c1-39(2,3)34(31-15-11-14-30(23-31)29-12-9-8-10-13-29)24-35(49-26-27-16-19-32(47-7)20-17-27)33(37(44)45)22-28-18-21-36(41-25-28)42-43-38(46)48-40(4,5)6/h8-21,23,25,33-35H,22,24,26H2,1-7H3,(H,44,45). The SMILES string of the molecule is COc1ccc(CSC(CC(c2cccc(-c3ccccc3)c2)C(C)(C)C)C(Cc2ccc(N=NC(=O)OC(C)(C)C)nc2)C(=O)O)cc1. The summed E-state index contributed by atoms with van der Waals surface area (Å²) in [7, 11) is 1.64. The average molecular weight is 682 g/mol. The zero-order chi connectivity index (χ0) is 35.6. The number of hydrogen-bond acceptors (Lipinski definition) is 7. The number of aliphatic carboxylic acids is 1.